The fourth-order valence-corrected chi connectivity index (χ4v) is 8.49. The van der Waals surface area contributed by atoms with Crippen LogP contribution in [0.3, 0.4) is 0 Å². The summed E-state index contributed by atoms with van der Waals surface area (Å²) in [6, 6.07) is 19.1. The lowest BCUT2D eigenvalue weighted by Gasteiger charge is -2.30. The van der Waals surface area contributed by atoms with Crippen molar-refractivity contribution in [1.82, 2.24) is 0 Å². The van der Waals surface area contributed by atoms with Gasteiger partial charge < -0.3 is 28.4 Å². The molecule has 4 aromatic carbocycles. The smallest absolute Gasteiger partial charge is 0.126 e. The second-order valence-electron chi connectivity index (χ2n) is 22.5. The number of rotatable bonds is 4. The maximum Gasteiger partial charge on any atom is 0.126 e. The van der Waals surface area contributed by atoms with Gasteiger partial charge in [0, 0.05) is 25.7 Å². The van der Waals surface area contributed by atoms with Gasteiger partial charge in [-0.2, -0.15) is 0 Å². The van der Waals surface area contributed by atoms with Crippen LogP contribution in [0.25, 0.3) is 0 Å². The number of fused-ring (bicyclic) bond motifs is 2. The van der Waals surface area contributed by atoms with Crippen LogP contribution in [0.4, 0.5) is 0 Å². The predicted molar refractivity (Wildman–Crippen MR) is 256 cm³/mol. The minimum absolute atomic E-state index is 0.0321. The lowest BCUT2D eigenvalue weighted by Crippen LogP contribution is -2.19. The van der Waals surface area contributed by atoms with E-state index in [1.807, 2.05) is 0 Å². The summed E-state index contributed by atoms with van der Waals surface area (Å²) in [5.74, 6) is 3.71. The Hall–Kier alpha value is -4.00. The van der Waals surface area contributed by atoms with Crippen molar-refractivity contribution >= 4 is 0 Å². The normalized spacial score (nSPS) is 15.8. The molecule has 2 aliphatic rings. The van der Waals surface area contributed by atoms with E-state index < -0.39 is 0 Å². The first kappa shape index (κ1) is 47.5. The summed E-state index contributed by atoms with van der Waals surface area (Å²) in [6.45, 7) is 38.9. The van der Waals surface area contributed by atoms with E-state index in [0.717, 1.165) is 67.5 Å². The molecule has 0 spiro atoms. The highest BCUT2D eigenvalue weighted by atomic mass is 16.6. The summed E-state index contributed by atoms with van der Waals surface area (Å²) in [4.78, 5) is 0. The first-order valence-corrected chi connectivity index (χ1v) is 23.3. The Morgan fingerprint density at radius 1 is 0.355 bits per heavy atom. The third-order valence-corrected chi connectivity index (χ3v) is 12.0. The third kappa shape index (κ3) is 11.6. The van der Waals surface area contributed by atoms with Crippen molar-refractivity contribution in [2.75, 3.05) is 39.6 Å². The molecular formula is C56H78O6. The Bertz CT molecular complexity index is 1940. The molecule has 1 aliphatic carbocycles. The molecule has 62 heavy (non-hydrogen) atoms. The zero-order valence-corrected chi connectivity index (χ0v) is 41.3. The maximum absolute atomic E-state index is 7.01. The van der Waals surface area contributed by atoms with Gasteiger partial charge in [0.05, 0.1) is 38.6 Å². The molecule has 338 valence electrons. The van der Waals surface area contributed by atoms with Crippen molar-refractivity contribution in [1.29, 1.82) is 0 Å². The molecule has 0 saturated carbocycles. The molecule has 10 bridgehead atoms. The average molecular weight is 847 g/mol. The van der Waals surface area contributed by atoms with Crippen molar-refractivity contribution in [2.45, 2.75) is 170 Å². The van der Waals surface area contributed by atoms with Crippen LogP contribution in [0.2, 0.25) is 0 Å². The molecule has 0 atom stereocenters. The molecule has 6 nitrogen and oxygen atoms in total. The molecule has 0 N–H and O–H groups in total. The van der Waals surface area contributed by atoms with Crippen LogP contribution < -0.4 is 18.9 Å². The summed E-state index contributed by atoms with van der Waals surface area (Å²) in [7, 11) is 0. The van der Waals surface area contributed by atoms with Gasteiger partial charge in [0.1, 0.15) is 36.2 Å². The summed E-state index contributed by atoms with van der Waals surface area (Å²) in [5, 5.41) is 0. The monoisotopic (exact) mass is 847 g/mol. The fraction of sp³-hybridized carbons (Fsp3) is 0.571. The largest absolute Gasteiger partial charge is 0.491 e. The van der Waals surface area contributed by atoms with E-state index in [2.05, 4.69) is 159 Å². The summed E-state index contributed by atoms with van der Waals surface area (Å²) < 4.78 is 40.3. The number of ether oxygens (including phenoxy) is 6. The first-order chi connectivity index (χ1) is 28.9. The van der Waals surface area contributed by atoms with E-state index in [0.29, 0.717) is 65.3 Å². The highest BCUT2D eigenvalue weighted by molar-refractivity contribution is 5.60. The highest BCUT2D eigenvalue weighted by Gasteiger charge is 2.30. The van der Waals surface area contributed by atoms with Crippen LogP contribution >= 0.6 is 0 Å². The molecule has 6 rings (SSSR count). The molecule has 0 amide bonds. The van der Waals surface area contributed by atoms with Crippen molar-refractivity contribution in [2.24, 2.45) is 0 Å². The molecule has 1 heterocycles. The van der Waals surface area contributed by atoms with Gasteiger partial charge in [0.2, 0.25) is 0 Å². The molecule has 0 fully saturated rings. The Kier molecular flexibility index (Phi) is 14.3. The quantitative estimate of drug-likeness (QED) is 0.180. The van der Waals surface area contributed by atoms with Gasteiger partial charge in [-0.05, 0) is 116 Å². The molecule has 0 unspecified atom stereocenters. The van der Waals surface area contributed by atoms with E-state index >= 15 is 0 Å². The van der Waals surface area contributed by atoms with E-state index in [4.69, 9.17) is 28.4 Å². The van der Waals surface area contributed by atoms with Gasteiger partial charge in [-0.25, -0.2) is 0 Å². The molecule has 1 aliphatic heterocycles. The molecule has 0 aromatic heterocycles. The van der Waals surface area contributed by atoms with Gasteiger partial charge >= 0.3 is 0 Å². The standard InChI is InChI=1S/C56H78O6/c1-35(2)61-51-41-23-37-27-45(53(5,6)7)29-39-25-43-33-48(56(14,15)16)34-44(52(43)62-36(3)4)26-40-30-46(54(8,9)10)28-38(24-42(51)32-47(31-41)55(11,12)13)50(40)60-22-20-58-18-17-57-19-21-59-49(37)39/h27-36H,17-26H2,1-16H3. The summed E-state index contributed by atoms with van der Waals surface area (Å²) >= 11 is 0. The van der Waals surface area contributed by atoms with Crippen molar-refractivity contribution in [3.63, 3.8) is 0 Å². The van der Waals surface area contributed by atoms with Crippen molar-refractivity contribution in [3.05, 3.63) is 115 Å². The Morgan fingerprint density at radius 2 is 0.581 bits per heavy atom. The van der Waals surface area contributed by atoms with Crippen LogP contribution in [0.5, 0.6) is 23.0 Å². The second-order valence-corrected chi connectivity index (χ2v) is 22.5. The van der Waals surface area contributed by atoms with Crippen LogP contribution in [0.1, 0.15) is 178 Å². The average Bonchev–Trinajstić information content (AvgIpc) is 3.13. The number of hydrogen-bond donors (Lipinski definition) is 0. The molecule has 6 heteroatoms. The maximum atomic E-state index is 7.01. The van der Waals surface area contributed by atoms with Gasteiger partial charge in [-0.3, -0.25) is 0 Å². The minimum Gasteiger partial charge on any atom is -0.491 e. The van der Waals surface area contributed by atoms with Crippen LogP contribution in [-0.4, -0.2) is 51.8 Å². The molecule has 0 saturated heterocycles. The lowest BCUT2D eigenvalue weighted by molar-refractivity contribution is 0.0270. The highest BCUT2D eigenvalue weighted by Crippen LogP contribution is 2.44. The van der Waals surface area contributed by atoms with E-state index in [-0.39, 0.29) is 33.9 Å². The number of hydrogen-bond acceptors (Lipinski definition) is 6. The SMILES string of the molecule is CC(C)Oc1c2cc(C(C)(C)C)cc1Cc1cc(C(C)(C)C)cc3c1OCCOCCOCCOc1c(cc(C(C)(C)C)cc1Cc1cc(C(C)(C)C)cc(c1OC(C)C)C3)C2. The van der Waals surface area contributed by atoms with Crippen LogP contribution in [0, 0.1) is 0 Å². The topological polar surface area (TPSA) is 55.4 Å². The molecule has 4 aromatic rings. The third-order valence-electron chi connectivity index (χ3n) is 12.0. The Balaban J connectivity index is 1.82. The van der Waals surface area contributed by atoms with Gasteiger partial charge in [-0.15, -0.1) is 0 Å². The van der Waals surface area contributed by atoms with Crippen LogP contribution in [-0.2, 0) is 56.8 Å². The lowest BCUT2D eigenvalue weighted by atomic mass is 9.79. The Morgan fingerprint density at radius 3 is 0.806 bits per heavy atom. The zero-order chi connectivity index (χ0) is 45.4. The summed E-state index contributed by atoms with van der Waals surface area (Å²) in [6.07, 6.45) is 2.49. The zero-order valence-electron chi connectivity index (χ0n) is 41.3. The summed E-state index contributed by atoms with van der Waals surface area (Å²) in [5.41, 5.74) is 13.9. The van der Waals surface area contributed by atoms with Crippen LogP contribution in [0.15, 0.2) is 48.5 Å². The van der Waals surface area contributed by atoms with Gasteiger partial charge in [-0.1, -0.05) is 132 Å². The van der Waals surface area contributed by atoms with E-state index in [1.165, 1.54) is 22.3 Å². The number of benzene rings is 4. The molecular weight excluding hydrogens is 769 g/mol. The molecule has 0 radical (unpaired) electrons. The Labute approximate surface area is 375 Å². The van der Waals surface area contributed by atoms with Crippen molar-refractivity contribution in [3.8, 4) is 23.0 Å². The van der Waals surface area contributed by atoms with Crippen molar-refractivity contribution < 1.29 is 28.4 Å². The second kappa shape index (κ2) is 18.6. The van der Waals surface area contributed by atoms with Gasteiger partial charge in [0.15, 0.2) is 0 Å². The van der Waals surface area contributed by atoms with E-state index in [1.54, 1.807) is 0 Å². The fourth-order valence-electron chi connectivity index (χ4n) is 8.49. The minimum atomic E-state index is -0.118. The predicted octanol–water partition coefficient (Wildman–Crippen LogP) is 12.9. The van der Waals surface area contributed by atoms with E-state index in [9.17, 15) is 0 Å². The van der Waals surface area contributed by atoms with Gasteiger partial charge in [0.25, 0.3) is 0 Å². The first-order valence-electron chi connectivity index (χ1n) is 23.3.